The molecule has 4 saturated carbocycles. The molecule has 3 nitrogen and oxygen atoms in total. The van der Waals surface area contributed by atoms with E-state index in [1.165, 1.54) is 51.4 Å². The van der Waals surface area contributed by atoms with Gasteiger partial charge in [-0.3, -0.25) is 0 Å². The van der Waals surface area contributed by atoms with E-state index in [1.54, 1.807) is 0 Å². The summed E-state index contributed by atoms with van der Waals surface area (Å²) in [7, 11) is 4.42. The summed E-state index contributed by atoms with van der Waals surface area (Å²) in [4.78, 5) is 2.35. The van der Waals surface area contributed by atoms with Crippen LogP contribution in [-0.4, -0.2) is 48.0 Å². The number of epoxide rings is 1. The van der Waals surface area contributed by atoms with Crippen LogP contribution in [0.1, 0.15) is 105 Å². The molecule has 4 aliphatic carbocycles. The second-order valence-electron chi connectivity index (χ2n) is 14.6. The lowest BCUT2D eigenvalue weighted by atomic mass is 9.42. The van der Waals surface area contributed by atoms with Gasteiger partial charge < -0.3 is 14.7 Å². The van der Waals surface area contributed by atoms with Crippen LogP contribution in [0, 0.1) is 46.3 Å². The van der Waals surface area contributed by atoms with Gasteiger partial charge in [-0.15, -0.1) is 0 Å². The van der Waals surface area contributed by atoms with Gasteiger partial charge in [0.2, 0.25) is 0 Å². The molecule has 5 aliphatic rings. The van der Waals surface area contributed by atoms with E-state index in [0.29, 0.717) is 5.41 Å². The van der Waals surface area contributed by atoms with Crippen molar-refractivity contribution in [1.29, 1.82) is 0 Å². The molecule has 1 saturated heterocycles. The Morgan fingerprint density at radius 2 is 1.70 bits per heavy atom. The molecule has 0 unspecified atom stereocenters. The van der Waals surface area contributed by atoms with Crippen LogP contribution >= 0.6 is 0 Å². The first-order valence-corrected chi connectivity index (χ1v) is 14.5. The van der Waals surface area contributed by atoms with Crippen LogP contribution in [0.4, 0.5) is 0 Å². The Bertz CT molecular complexity index is 737. The summed E-state index contributed by atoms with van der Waals surface area (Å²) < 4.78 is 6.96. The van der Waals surface area contributed by atoms with E-state index in [0.717, 1.165) is 61.3 Å². The zero-order valence-electron chi connectivity index (χ0n) is 22.8. The second-order valence-corrected chi connectivity index (χ2v) is 14.6. The molecule has 0 radical (unpaired) electrons. The van der Waals surface area contributed by atoms with Crippen LogP contribution in [0.2, 0.25) is 0 Å². The molecule has 0 aromatic rings. The molecule has 1 heterocycles. The molecule has 190 valence electrons. The monoisotopic (exact) mass is 459 g/mol. The van der Waals surface area contributed by atoms with Gasteiger partial charge in [-0.05, 0) is 100.0 Å². The maximum absolute atomic E-state index is 10.7. The number of likely N-dealkylation sites (N-methyl/N-ethyl adjacent to an activating group) is 1. The van der Waals surface area contributed by atoms with E-state index in [4.69, 9.17) is 4.74 Å². The topological polar surface area (TPSA) is 36.0 Å². The number of nitrogens with zero attached hydrogens (tertiary/aromatic N) is 1. The number of aliphatic hydroxyl groups is 1. The van der Waals surface area contributed by atoms with E-state index < -0.39 is 0 Å². The van der Waals surface area contributed by atoms with E-state index in [-0.39, 0.29) is 22.7 Å². The van der Waals surface area contributed by atoms with Gasteiger partial charge in [0, 0.05) is 18.4 Å². The molecular weight excluding hydrogens is 406 g/mol. The molecule has 1 N–H and O–H groups in total. The zero-order chi connectivity index (χ0) is 23.8. The summed E-state index contributed by atoms with van der Waals surface area (Å²) >= 11 is 0. The summed E-state index contributed by atoms with van der Waals surface area (Å²) in [6.45, 7) is 13.6. The Labute approximate surface area is 204 Å². The maximum Gasteiger partial charge on any atom is 0.111 e. The lowest BCUT2D eigenvalue weighted by Gasteiger charge is -2.61. The Morgan fingerprint density at radius 1 is 0.939 bits per heavy atom. The Balaban J connectivity index is 1.40. The lowest BCUT2D eigenvalue weighted by Crippen LogP contribution is -2.62. The summed E-state index contributed by atoms with van der Waals surface area (Å²) in [5.74, 6) is 5.09. The minimum absolute atomic E-state index is 0.0208. The van der Waals surface area contributed by atoms with Crippen molar-refractivity contribution in [3.05, 3.63) is 0 Å². The number of ether oxygens (including phenoxy) is 1. The average Bonchev–Trinajstić information content (AvgIpc) is 3.17. The van der Waals surface area contributed by atoms with Crippen molar-refractivity contribution in [2.75, 3.05) is 20.6 Å². The van der Waals surface area contributed by atoms with Crippen molar-refractivity contribution >= 4 is 0 Å². The van der Waals surface area contributed by atoms with Crippen LogP contribution in [-0.2, 0) is 4.74 Å². The van der Waals surface area contributed by atoms with Crippen molar-refractivity contribution in [1.82, 2.24) is 4.90 Å². The zero-order valence-corrected chi connectivity index (χ0v) is 22.8. The Hall–Kier alpha value is -0.120. The van der Waals surface area contributed by atoms with Crippen LogP contribution in [0.3, 0.4) is 0 Å². The molecule has 1 spiro atoms. The molecule has 10 atom stereocenters. The summed E-state index contributed by atoms with van der Waals surface area (Å²) in [5.41, 5.74) is 0.677. The smallest absolute Gasteiger partial charge is 0.111 e. The first-order valence-electron chi connectivity index (χ1n) is 14.5. The molecule has 0 aromatic heterocycles. The first kappa shape index (κ1) is 24.6. The van der Waals surface area contributed by atoms with Crippen molar-refractivity contribution < 1.29 is 9.84 Å². The van der Waals surface area contributed by atoms with Gasteiger partial charge in [-0.25, -0.2) is 0 Å². The number of hydrogen-bond donors (Lipinski definition) is 1. The molecule has 5 rings (SSSR count). The SMILES string of the molecule is CC(C)CCC[C@@H](C)[C@H]1CC[C@H]2[C@@H]3C[C@@]4(CN(C)C)O[C@@]45C[C@@H](O)CC[C@]5(C)[C@H]3CC[C@]12C. The fourth-order valence-corrected chi connectivity index (χ4v) is 10.7. The highest BCUT2D eigenvalue weighted by molar-refractivity contribution is 5.31. The Kier molecular flexibility index (Phi) is 6.11. The quantitative estimate of drug-likeness (QED) is 0.440. The van der Waals surface area contributed by atoms with Crippen LogP contribution in [0.25, 0.3) is 0 Å². The minimum Gasteiger partial charge on any atom is -0.393 e. The molecule has 0 aromatic carbocycles. The van der Waals surface area contributed by atoms with Gasteiger partial charge in [0.15, 0.2) is 0 Å². The normalized spacial score (nSPS) is 51.6. The third kappa shape index (κ3) is 3.52. The largest absolute Gasteiger partial charge is 0.393 e. The number of rotatable bonds is 7. The molecule has 0 bridgehead atoms. The molecule has 33 heavy (non-hydrogen) atoms. The fraction of sp³-hybridized carbons (Fsp3) is 1.00. The average molecular weight is 460 g/mol. The summed E-state index contributed by atoms with van der Waals surface area (Å²) in [6, 6.07) is 0. The van der Waals surface area contributed by atoms with Gasteiger partial charge in [0.25, 0.3) is 0 Å². The van der Waals surface area contributed by atoms with Crippen LogP contribution < -0.4 is 0 Å². The van der Waals surface area contributed by atoms with Crippen molar-refractivity contribution in [2.24, 2.45) is 46.3 Å². The molecule has 0 amide bonds. The highest BCUT2D eigenvalue weighted by Crippen LogP contribution is 2.78. The van der Waals surface area contributed by atoms with Crippen molar-refractivity contribution in [3.8, 4) is 0 Å². The van der Waals surface area contributed by atoms with Crippen molar-refractivity contribution in [3.63, 3.8) is 0 Å². The predicted octanol–water partition coefficient (Wildman–Crippen LogP) is 6.53. The van der Waals surface area contributed by atoms with Gasteiger partial charge in [0.05, 0.1) is 6.10 Å². The van der Waals surface area contributed by atoms with Gasteiger partial charge >= 0.3 is 0 Å². The molecule has 5 fully saturated rings. The summed E-state index contributed by atoms with van der Waals surface area (Å²) in [6.07, 6.45) is 14.0. The number of aliphatic hydroxyl groups excluding tert-OH is 1. The highest BCUT2D eigenvalue weighted by atomic mass is 16.6. The molecular formula is C30H53NO2. The third-order valence-corrected chi connectivity index (χ3v) is 12.1. The minimum atomic E-state index is -0.171. The fourth-order valence-electron chi connectivity index (χ4n) is 10.7. The first-order chi connectivity index (χ1) is 15.5. The van der Waals surface area contributed by atoms with Gasteiger partial charge in [-0.2, -0.15) is 0 Å². The number of fused-ring (bicyclic) bond motifs is 4. The van der Waals surface area contributed by atoms with E-state index in [1.807, 2.05) is 0 Å². The maximum atomic E-state index is 10.7. The Morgan fingerprint density at radius 3 is 2.39 bits per heavy atom. The predicted molar refractivity (Wildman–Crippen MR) is 136 cm³/mol. The summed E-state index contributed by atoms with van der Waals surface area (Å²) in [5, 5.41) is 10.7. The van der Waals surface area contributed by atoms with Crippen molar-refractivity contribution in [2.45, 2.75) is 123 Å². The molecule has 3 heteroatoms. The standard InChI is InChI=1S/C30H53NO2/c1-20(2)9-8-10-21(3)24-11-12-25-23-18-29(19-31(6)7)30(33-29)17-22(32)13-16-28(30,5)26(23)14-15-27(24,25)4/h20-26,32H,8-19H2,1-7H3/t21-,22+,23+,24-,25+,26+,27-,28-,29+,30-/m1/s1. The lowest BCUT2D eigenvalue weighted by molar-refractivity contribution is -0.123. The number of hydrogen-bond acceptors (Lipinski definition) is 3. The van der Waals surface area contributed by atoms with E-state index in [2.05, 4.69) is 53.6 Å². The third-order valence-electron chi connectivity index (χ3n) is 12.1. The second kappa shape index (κ2) is 8.20. The molecule has 1 aliphatic heterocycles. The van der Waals surface area contributed by atoms with E-state index in [9.17, 15) is 5.11 Å². The van der Waals surface area contributed by atoms with Crippen LogP contribution in [0.5, 0.6) is 0 Å². The highest BCUT2D eigenvalue weighted by Gasteiger charge is 2.83. The van der Waals surface area contributed by atoms with Gasteiger partial charge in [-0.1, -0.05) is 53.9 Å². The van der Waals surface area contributed by atoms with Crippen LogP contribution in [0.15, 0.2) is 0 Å². The van der Waals surface area contributed by atoms with Gasteiger partial charge in [0.1, 0.15) is 11.2 Å². The van der Waals surface area contributed by atoms with E-state index >= 15 is 0 Å².